The lowest BCUT2D eigenvalue weighted by Gasteiger charge is -2.20. The summed E-state index contributed by atoms with van der Waals surface area (Å²) >= 11 is 7.11. The number of thiazole rings is 1. The van der Waals surface area contributed by atoms with Gasteiger partial charge in [0.25, 0.3) is 0 Å². The minimum atomic E-state index is -1.11. The van der Waals surface area contributed by atoms with E-state index in [4.69, 9.17) is 22.4 Å². The molecule has 0 fully saturated rings. The molecule has 0 aliphatic heterocycles. The Labute approximate surface area is 129 Å². The van der Waals surface area contributed by atoms with Crippen LogP contribution in [0.3, 0.4) is 0 Å². The number of hydrogen-bond acceptors (Lipinski definition) is 5. The van der Waals surface area contributed by atoms with E-state index in [1.165, 1.54) is 17.4 Å². The molecule has 0 saturated carbocycles. The Morgan fingerprint density at radius 2 is 2.19 bits per heavy atom. The van der Waals surface area contributed by atoms with Crippen molar-refractivity contribution >= 4 is 45.6 Å². The first-order chi connectivity index (χ1) is 9.95. The highest BCUT2D eigenvalue weighted by molar-refractivity contribution is 7.13. The smallest absolute Gasteiger partial charge is 0.323 e. The highest BCUT2D eigenvalue weighted by Crippen LogP contribution is 2.21. The lowest BCUT2D eigenvalue weighted by molar-refractivity contribution is -0.136. The van der Waals surface area contributed by atoms with Gasteiger partial charge in [0, 0.05) is 16.1 Å². The molecule has 0 unspecified atom stereocenters. The number of carboxylic acid groups (broad SMARTS) is 1. The van der Waals surface area contributed by atoms with Gasteiger partial charge >= 0.3 is 5.97 Å². The van der Waals surface area contributed by atoms with Crippen molar-refractivity contribution in [3.05, 3.63) is 40.4 Å². The molecular weight excluding hydrogens is 314 g/mol. The van der Waals surface area contributed by atoms with E-state index in [0.29, 0.717) is 21.5 Å². The fraction of sp³-hybridized carbons (Fsp3) is 0.154. The fourth-order valence-electron chi connectivity index (χ4n) is 1.76. The van der Waals surface area contributed by atoms with Crippen molar-refractivity contribution < 1.29 is 14.7 Å². The standard InChI is InChI=1S/C13H12ClN3O3S/c14-8-2-1-3-10(4-8)17(6-12(19)20)11(18)5-9-7-21-13(15)16-9/h1-4,7H,5-6H2,(H2,15,16)(H,19,20). The number of carbonyl (C=O) groups is 2. The summed E-state index contributed by atoms with van der Waals surface area (Å²) in [6.07, 6.45) is -0.0203. The number of nitrogen functional groups attached to an aromatic ring is 1. The first kappa shape index (κ1) is 15.3. The molecule has 0 atom stereocenters. The van der Waals surface area contributed by atoms with E-state index in [9.17, 15) is 9.59 Å². The van der Waals surface area contributed by atoms with Crippen LogP contribution in [0, 0.1) is 0 Å². The Balaban J connectivity index is 2.23. The summed E-state index contributed by atoms with van der Waals surface area (Å²) < 4.78 is 0. The second-order valence-corrected chi connectivity index (χ2v) is 5.53. The van der Waals surface area contributed by atoms with Crippen LogP contribution >= 0.6 is 22.9 Å². The Hall–Kier alpha value is -2.12. The van der Waals surface area contributed by atoms with Gasteiger partial charge in [-0.05, 0) is 18.2 Å². The minimum absolute atomic E-state index is 0.0203. The lowest BCUT2D eigenvalue weighted by Crippen LogP contribution is -2.36. The second kappa shape index (κ2) is 6.55. The van der Waals surface area contributed by atoms with Crippen molar-refractivity contribution in [2.45, 2.75) is 6.42 Å². The van der Waals surface area contributed by atoms with E-state index in [1.807, 2.05) is 0 Å². The van der Waals surface area contributed by atoms with Gasteiger partial charge in [0.15, 0.2) is 5.13 Å². The van der Waals surface area contributed by atoms with Gasteiger partial charge in [-0.3, -0.25) is 9.59 Å². The molecular formula is C13H12ClN3O3S. The molecule has 21 heavy (non-hydrogen) atoms. The average Bonchev–Trinajstić information content (AvgIpc) is 2.81. The Morgan fingerprint density at radius 1 is 1.43 bits per heavy atom. The van der Waals surface area contributed by atoms with Crippen LogP contribution in [0.2, 0.25) is 5.02 Å². The van der Waals surface area contributed by atoms with E-state index in [0.717, 1.165) is 4.90 Å². The Bertz CT molecular complexity index is 674. The number of hydrogen-bond donors (Lipinski definition) is 2. The van der Waals surface area contributed by atoms with Crippen LogP contribution in [0.15, 0.2) is 29.6 Å². The van der Waals surface area contributed by atoms with Crippen molar-refractivity contribution in [2.24, 2.45) is 0 Å². The van der Waals surface area contributed by atoms with Gasteiger partial charge < -0.3 is 15.7 Å². The van der Waals surface area contributed by atoms with E-state index >= 15 is 0 Å². The normalized spacial score (nSPS) is 10.3. The summed E-state index contributed by atoms with van der Waals surface area (Å²) in [5, 5.41) is 11.4. The number of carboxylic acids is 1. The molecule has 3 N–H and O–H groups in total. The van der Waals surface area contributed by atoms with Crippen molar-refractivity contribution in [1.82, 2.24) is 4.98 Å². The molecule has 2 rings (SSSR count). The summed E-state index contributed by atoms with van der Waals surface area (Å²) in [5.74, 6) is -1.49. The van der Waals surface area contributed by atoms with Crippen LogP contribution in [0.1, 0.15) is 5.69 Å². The molecule has 0 aliphatic carbocycles. The third-order valence-corrected chi connectivity index (χ3v) is 3.57. The Kier molecular flexibility index (Phi) is 4.77. The zero-order valence-corrected chi connectivity index (χ0v) is 12.4. The zero-order chi connectivity index (χ0) is 15.4. The molecule has 2 aromatic rings. The first-order valence-electron chi connectivity index (χ1n) is 5.93. The monoisotopic (exact) mass is 325 g/mol. The summed E-state index contributed by atoms with van der Waals surface area (Å²) in [5.41, 5.74) is 6.46. The number of anilines is 2. The second-order valence-electron chi connectivity index (χ2n) is 4.21. The quantitative estimate of drug-likeness (QED) is 0.876. The van der Waals surface area contributed by atoms with E-state index < -0.39 is 12.5 Å². The maximum absolute atomic E-state index is 12.3. The van der Waals surface area contributed by atoms with Gasteiger partial charge in [-0.25, -0.2) is 4.98 Å². The maximum atomic E-state index is 12.3. The summed E-state index contributed by atoms with van der Waals surface area (Å²) in [6, 6.07) is 6.47. The SMILES string of the molecule is Nc1nc(CC(=O)N(CC(=O)O)c2cccc(Cl)c2)cs1. The number of amides is 1. The van der Waals surface area contributed by atoms with E-state index in [-0.39, 0.29) is 12.3 Å². The number of nitrogens with zero attached hydrogens (tertiary/aromatic N) is 2. The summed E-state index contributed by atoms with van der Waals surface area (Å²) in [6.45, 7) is -0.446. The van der Waals surface area contributed by atoms with Crippen LogP contribution in [0.25, 0.3) is 0 Å². The molecule has 8 heteroatoms. The van der Waals surface area contributed by atoms with Gasteiger partial charge in [-0.1, -0.05) is 17.7 Å². The topological polar surface area (TPSA) is 96.5 Å². The fourth-order valence-corrected chi connectivity index (χ4v) is 2.50. The van der Waals surface area contributed by atoms with Gasteiger partial charge in [0.1, 0.15) is 6.54 Å². The predicted molar refractivity (Wildman–Crippen MR) is 81.7 cm³/mol. The number of aliphatic carboxylic acids is 1. The molecule has 0 radical (unpaired) electrons. The molecule has 110 valence electrons. The third kappa shape index (κ3) is 4.17. The molecule has 0 bridgehead atoms. The Morgan fingerprint density at radius 3 is 2.76 bits per heavy atom. The molecule has 1 aromatic carbocycles. The number of rotatable bonds is 5. The molecule has 1 heterocycles. The average molecular weight is 326 g/mol. The highest BCUT2D eigenvalue weighted by atomic mass is 35.5. The molecule has 0 aliphatic rings. The summed E-state index contributed by atoms with van der Waals surface area (Å²) in [4.78, 5) is 28.4. The predicted octanol–water partition coefficient (Wildman–Crippen LogP) is 2.04. The number of carbonyl (C=O) groups excluding carboxylic acids is 1. The van der Waals surface area contributed by atoms with Gasteiger partial charge in [0.05, 0.1) is 12.1 Å². The largest absolute Gasteiger partial charge is 0.480 e. The van der Waals surface area contributed by atoms with Crippen molar-refractivity contribution in [3.63, 3.8) is 0 Å². The van der Waals surface area contributed by atoms with Crippen molar-refractivity contribution in [1.29, 1.82) is 0 Å². The lowest BCUT2D eigenvalue weighted by atomic mass is 10.2. The van der Waals surface area contributed by atoms with Gasteiger partial charge in [0.2, 0.25) is 5.91 Å². The summed E-state index contributed by atoms with van der Waals surface area (Å²) in [7, 11) is 0. The number of aromatic nitrogens is 1. The van der Waals surface area contributed by atoms with Crippen LogP contribution in [0.5, 0.6) is 0 Å². The van der Waals surface area contributed by atoms with E-state index in [2.05, 4.69) is 4.98 Å². The van der Waals surface area contributed by atoms with Gasteiger partial charge in [-0.15, -0.1) is 11.3 Å². The van der Waals surface area contributed by atoms with Gasteiger partial charge in [-0.2, -0.15) is 0 Å². The number of nitrogens with two attached hydrogens (primary N) is 1. The third-order valence-electron chi connectivity index (χ3n) is 2.62. The number of halogens is 1. The first-order valence-corrected chi connectivity index (χ1v) is 7.19. The zero-order valence-electron chi connectivity index (χ0n) is 10.8. The van der Waals surface area contributed by atoms with Crippen LogP contribution in [0.4, 0.5) is 10.8 Å². The number of benzene rings is 1. The molecule has 0 spiro atoms. The highest BCUT2D eigenvalue weighted by Gasteiger charge is 2.20. The minimum Gasteiger partial charge on any atom is -0.480 e. The molecule has 1 amide bonds. The van der Waals surface area contributed by atoms with Crippen LogP contribution in [-0.2, 0) is 16.0 Å². The van der Waals surface area contributed by atoms with Crippen molar-refractivity contribution in [3.8, 4) is 0 Å². The van der Waals surface area contributed by atoms with Crippen LogP contribution in [-0.4, -0.2) is 28.5 Å². The van der Waals surface area contributed by atoms with Crippen molar-refractivity contribution in [2.75, 3.05) is 17.2 Å². The van der Waals surface area contributed by atoms with Crippen LogP contribution < -0.4 is 10.6 Å². The molecule has 0 saturated heterocycles. The maximum Gasteiger partial charge on any atom is 0.323 e. The molecule has 1 aromatic heterocycles. The molecule has 6 nitrogen and oxygen atoms in total. The van der Waals surface area contributed by atoms with E-state index in [1.54, 1.807) is 23.6 Å².